The monoisotopic (exact) mass is 337 g/mol. The second kappa shape index (κ2) is 6.64. The van der Waals surface area contributed by atoms with Crippen LogP contribution in [-0.4, -0.2) is 16.9 Å². The van der Waals surface area contributed by atoms with E-state index in [1.165, 1.54) is 23.5 Å². The normalized spacial score (nSPS) is 10.5. The van der Waals surface area contributed by atoms with Crippen LogP contribution in [0.25, 0.3) is 21.8 Å². The molecule has 0 bridgehead atoms. The lowest BCUT2D eigenvalue weighted by molar-refractivity contribution is -0.304. The van der Waals surface area contributed by atoms with Crippen molar-refractivity contribution in [3.05, 3.63) is 65.0 Å². The highest BCUT2D eigenvalue weighted by Gasteiger charge is 2.14. The average molecular weight is 337 g/mol. The van der Waals surface area contributed by atoms with Gasteiger partial charge in [-0.15, -0.1) is 11.3 Å². The summed E-state index contributed by atoms with van der Waals surface area (Å²) in [6, 6.07) is 15.4. The van der Waals surface area contributed by atoms with Crippen molar-refractivity contribution in [1.29, 1.82) is 0 Å². The molecule has 0 unspecified atom stereocenters. The van der Waals surface area contributed by atoms with Crippen LogP contribution < -0.4 is 10.2 Å². The summed E-state index contributed by atoms with van der Waals surface area (Å²) < 4.78 is 0. The second-order valence-corrected chi connectivity index (χ2v) is 6.15. The van der Waals surface area contributed by atoms with E-state index >= 15 is 0 Å². The second-order valence-electron chi connectivity index (χ2n) is 5.07. The largest absolute Gasteiger partial charge is 0.550 e. The lowest BCUT2D eigenvalue weighted by atomic mass is 10.1. The lowest BCUT2D eigenvalue weighted by Crippen LogP contribution is -2.24. The quantitative estimate of drug-likeness (QED) is 0.696. The van der Waals surface area contributed by atoms with Gasteiger partial charge in [-0.2, -0.15) is 0 Å². The summed E-state index contributed by atoms with van der Waals surface area (Å²) >= 11 is 1.26. The molecule has 0 aliphatic carbocycles. The summed E-state index contributed by atoms with van der Waals surface area (Å²) in [5.74, 6) is -2.42. The van der Waals surface area contributed by atoms with Crippen LogP contribution in [0, 0.1) is 0 Å². The van der Waals surface area contributed by atoms with Crippen molar-refractivity contribution in [1.82, 2.24) is 4.98 Å². The third-order valence-electron chi connectivity index (χ3n) is 3.42. The molecule has 2 aromatic carbocycles. The number of benzene rings is 2. The van der Waals surface area contributed by atoms with E-state index < -0.39 is 11.9 Å². The third-order valence-corrected chi connectivity index (χ3v) is 4.52. The molecule has 0 aliphatic heterocycles. The zero-order chi connectivity index (χ0) is 17.1. The van der Waals surface area contributed by atoms with E-state index in [0.717, 1.165) is 5.56 Å². The van der Waals surface area contributed by atoms with Gasteiger partial charge in [0, 0.05) is 28.4 Å². The molecular weight excluding hydrogens is 326 g/mol. The standard InChI is InChI=1S/C18H13NO4S/c20-15(21)10-14-16(11-4-2-1-3-5-11)19-17(24-14)12-6-8-13(9-7-12)18(22)23/h1-9H,10H2,(H,20,21)(H,22,23)/p-2. The Balaban J connectivity index is 2.04. The molecule has 0 amide bonds. The van der Waals surface area contributed by atoms with Gasteiger partial charge in [-0.05, 0) is 5.56 Å². The number of aliphatic carboxylic acids is 1. The summed E-state index contributed by atoms with van der Waals surface area (Å²) in [7, 11) is 0. The van der Waals surface area contributed by atoms with Crippen molar-refractivity contribution in [2.24, 2.45) is 0 Å². The van der Waals surface area contributed by atoms with Crippen molar-refractivity contribution in [2.45, 2.75) is 6.42 Å². The number of aromatic nitrogens is 1. The van der Waals surface area contributed by atoms with Crippen molar-refractivity contribution >= 4 is 23.3 Å². The van der Waals surface area contributed by atoms with Gasteiger partial charge < -0.3 is 19.8 Å². The van der Waals surface area contributed by atoms with E-state index in [1.807, 2.05) is 30.3 Å². The number of carboxylic acid groups (broad SMARTS) is 2. The molecule has 0 fully saturated rings. The van der Waals surface area contributed by atoms with E-state index in [1.54, 1.807) is 12.1 Å². The summed E-state index contributed by atoms with van der Waals surface area (Å²) in [6.07, 6.45) is -0.223. The van der Waals surface area contributed by atoms with Gasteiger partial charge in [0.1, 0.15) is 5.01 Å². The predicted molar refractivity (Wildman–Crippen MR) is 86.0 cm³/mol. The van der Waals surface area contributed by atoms with Crippen LogP contribution in [-0.2, 0) is 11.2 Å². The first-order chi connectivity index (χ1) is 11.5. The van der Waals surface area contributed by atoms with Gasteiger partial charge in [-0.3, -0.25) is 0 Å². The van der Waals surface area contributed by atoms with Gasteiger partial charge in [0.25, 0.3) is 0 Å². The number of carbonyl (C=O) groups excluding carboxylic acids is 2. The van der Waals surface area contributed by atoms with Crippen molar-refractivity contribution in [2.75, 3.05) is 0 Å². The Bertz CT molecular complexity index is 885. The number of carboxylic acids is 2. The minimum Gasteiger partial charge on any atom is -0.550 e. The molecule has 0 spiro atoms. The van der Waals surface area contributed by atoms with E-state index in [-0.39, 0.29) is 12.0 Å². The molecule has 1 aromatic heterocycles. The molecular formula is C18H11NO4S-2. The van der Waals surface area contributed by atoms with Crippen LogP contribution in [0.5, 0.6) is 0 Å². The van der Waals surface area contributed by atoms with Crippen molar-refractivity contribution in [3.8, 4) is 21.8 Å². The van der Waals surface area contributed by atoms with E-state index in [2.05, 4.69) is 4.98 Å². The fraction of sp³-hybridized carbons (Fsp3) is 0.0556. The Kier molecular flexibility index (Phi) is 4.39. The van der Waals surface area contributed by atoms with Gasteiger partial charge >= 0.3 is 0 Å². The molecule has 6 heteroatoms. The molecule has 120 valence electrons. The highest BCUT2D eigenvalue weighted by molar-refractivity contribution is 7.15. The first-order valence-electron chi connectivity index (χ1n) is 7.11. The molecule has 0 N–H and O–H groups in total. The predicted octanol–water partition coefficient (Wildman–Crippen LogP) is 1.13. The van der Waals surface area contributed by atoms with Crippen LogP contribution in [0.1, 0.15) is 15.2 Å². The van der Waals surface area contributed by atoms with Crippen LogP contribution in [0.15, 0.2) is 54.6 Å². The van der Waals surface area contributed by atoms with Crippen LogP contribution in [0.4, 0.5) is 0 Å². The Labute approximate surface area is 141 Å². The zero-order valence-corrected chi connectivity index (χ0v) is 13.2. The van der Waals surface area contributed by atoms with Gasteiger partial charge in [0.15, 0.2) is 0 Å². The van der Waals surface area contributed by atoms with Crippen LogP contribution >= 0.6 is 11.3 Å². The summed E-state index contributed by atoms with van der Waals surface area (Å²) in [4.78, 5) is 27.0. The van der Waals surface area contributed by atoms with E-state index in [0.29, 0.717) is 21.1 Å². The Hall–Kier alpha value is -2.99. The molecule has 0 radical (unpaired) electrons. The Morgan fingerprint density at radius 3 is 2.17 bits per heavy atom. The molecule has 1 heterocycles. The Morgan fingerprint density at radius 1 is 0.917 bits per heavy atom. The van der Waals surface area contributed by atoms with Gasteiger partial charge in [0.05, 0.1) is 11.7 Å². The highest BCUT2D eigenvalue weighted by Crippen LogP contribution is 2.34. The number of rotatable bonds is 5. The maximum Gasteiger partial charge on any atom is 0.124 e. The average Bonchev–Trinajstić information content (AvgIpc) is 2.99. The fourth-order valence-corrected chi connectivity index (χ4v) is 3.37. The molecule has 0 saturated carbocycles. The molecule has 3 rings (SSSR count). The van der Waals surface area contributed by atoms with E-state index in [9.17, 15) is 19.8 Å². The minimum absolute atomic E-state index is 0.0774. The SMILES string of the molecule is O=C([O-])Cc1sc(-c2ccc(C(=O)[O-])cc2)nc1-c1ccccc1. The first-order valence-corrected chi connectivity index (χ1v) is 7.93. The van der Waals surface area contributed by atoms with Crippen LogP contribution in [0.2, 0.25) is 0 Å². The van der Waals surface area contributed by atoms with Crippen molar-refractivity contribution in [3.63, 3.8) is 0 Å². The smallest absolute Gasteiger partial charge is 0.124 e. The summed E-state index contributed by atoms with van der Waals surface area (Å²) in [6.45, 7) is 0. The molecule has 0 aliphatic rings. The minimum atomic E-state index is -1.25. The fourth-order valence-electron chi connectivity index (χ4n) is 2.30. The summed E-state index contributed by atoms with van der Waals surface area (Å²) in [5, 5.41) is 22.5. The number of aromatic carboxylic acids is 1. The van der Waals surface area contributed by atoms with E-state index in [4.69, 9.17) is 0 Å². The first kappa shape index (κ1) is 15.9. The van der Waals surface area contributed by atoms with Crippen LogP contribution in [0.3, 0.4) is 0 Å². The molecule has 0 saturated heterocycles. The number of thiazole rings is 1. The van der Waals surface area contributed by atoms with Gasteiger partial charge in [-0.1, -0.05) is 54.6 Å². The highest BCUT2D eigenvalue weighted by atomic mass is 32.1. The molecule has 24 heavy (non-hydrogen) atoms. The van der Waals surface area contributed by atoms with Gasteiger partial charge in [0.2, 0.25) is 0 Å². The third kappa shape index (κ3) is 3.33. The molecule has 3 aromatic rings. The number of hydrogen-bond donors (Lipinski definition) is 0. The summed E-state index contributed by atoms with van der Waals surface area (Å²) in [5.41, 5.74) is 2.21. The molecule has 0 atom stereocenters. The van der Waals surface area contributed by atoms with Crippen molar-refractivity contribution < 1.29 is 19.8 Å². The maximum atomic E-state index is 11.0. The molecule has 5 nitrogen and oxygen atoms in total. The maximum absolute atomic E-state index is 11.0. The zero-order valence-electron chi connectivity index (χ0n) is 12.4. The topological polar surface area (TPSA) is 93.1 Å². The number of carbonyl (C=O) groups is 2. The lowest BCUT2D eigenvalue weighted by Gasteiger charge is -2.02. The number of hydrogen-bond acceptors (Lipinski definition) is 6. The number of nitrogens with zero attached hydrogens (tertiary/aromatic N) is 1. The van der Waals surface area contributed by atoms with Gasteiger partial charge in [-0.25, -0.2) is 4.98 Å². The Morgan fingerprint density at radius 2 is 1.58 bits per heavy atom.